The van der Waals surface area contributed by atoms with Crippen LogP contribution in [-0.2, 0) is 26.3 Å². The van der Waals surface area contributed by atoms with Crippen molar-refractivity contribution in [1.29, 1.82) is 0 Å². The maximum atomic E-state index is 7.47. The Morgan fingerprint density at radius 3 is 2.71 bits per heavy atom. The van der Waals surface area contributed by atoms with Gasteiger partial charge in [0.15, 0.2) is 0 Å². The summed E-state index contributed by atoms with van der Waals surface area (Å²) in [5.74, 6) is 5.03. The van der Waals surface area contributed by atoms with Crippen LogP contribution in [0, 0.1) is 11.8 Å². The molecule has 1 N–H and O–H groups in total. The number of likely N-dealkylation sites (tertiary alicyclic amines) is 1. The van der Waals surface area contributed by atoms with Gasteiger partial charge in [0.1, 0.15) is 6.61 Å². The first-order chi connectivity index (χ1) is 13.8. The molecule has 0 spiro atoms. The zero-order valence-corrected chi connectivity index (χ0v) is 16.4. The Hall–Kier alpha value is -1.99. The highest BCUT2D eigenvalue weighted by atomic mass is 17.6. The van der Waals surface area contributed by atoms with Gasteiger partial charge < -0.3 is 9.64 Å². The Balaban J connectivity index is 0.000000300. The van der Waals surface area contributed by atoms with Crippen molar-refractivity contribution >= 4 is 5.52 Å². The third-order valence-corrected chi connectivity index (χ3v) is 4.31. The van der Waals surface area contributed by atoms with Gasteiger partial charge in [-0.25, -0.2) is 9.77 Å². The molecule has 8 heteroatoms. The molecule has 0 radical (unpaired) electrons. The standard InChI is InChI=1S/C16H23N3O.C4H6O4/c1-2-5-9-18(8-4-1)11-12-20-14-15-13-16-7-3-6-10-19(16)17-15;1-2-3-4-6-8-7-5/h3,6-7,10,13H,1-2,4-5,8-9,11-12,14H2;5H,4H2,1H3. The molecule has 0 saturated carbocycles. The predicted molar refractivity (Wildman–Crippen MR) is 104 cm³/mol. The number of rotatable bonds is 8. The molecule has 2 aromatic heterocycles. The molecule has 0 atom stereocenters. The third-order valence-electron chi connectivity index (χ3n) is 4.31. The van der Waals surface area contributed by atoms with E-state index in [1.807, 2.05) is 22.8 Å². The van der Waals surface area contributed by atoms with Crippen molar-refractivity contribution in [2.24, 2.45) is 0 Å². The lowest BCUT2D eigenvalue weighted by Gasteiger charge is -2.19. The molecule has 3 heterocycles. The second-order valence-electron chi connectivity index (χ2n) is 6.35. The van der Waals surface area contributed by atoms with Crippen LogP contribution in [-0.4, -0.2) is 52.6 Å². The van der Waals surface area contributed by atoms with E-state index >= 15 is 0 Å². The number of pyridine rings is 1. The van der Waals surface area contributed by atoms with Crippen molar-refractivity contribution in [3.05, 3.63) is 36.2 Å². The summed E-state index contributed by atoms with van der Waals surface area (Å²) in [6, 6.07) is 8.17. The average molecular weight is 391 g/mol. The Kier molecular flexibility index (Phi) is 11.2. The van der Waals surface area contributed by atoms with E-state index in [-0.39, 0.29) is 6.61 Å². The van der Waals surface area contributed by atoms with E-state index in [0.717, 1.165) is 24.4 Å². The summed E-state index contributed by atoms with van der Waals surface area (Å²) in [6.07, 6.45) is 7.42. The number of nitrogens with zero attached hydrogens (tertiary/aromatic N) is 3. The molecule has 3 rings (SSSR count). The van der Waals surface area contributed by atoms with Gasteiger partial charge in [0.05, 0.1) is 24.4 Å². The molecule has 1 aliphatic rings. The lowest BCUT2D eigenvalue weighted by atomic mass is 10.2. The summed E-state index contributed by atoms with van der Waals surface area (Å²) < 4.78 is 7.67. The number of hydrogen-bond acceptors (Lipinski definition) is 7. The quantitative estimate of drug-likeness (QED) is 0.321. The van der Waals surface area contributed by atoms with E-state index < -0.39 is 0 Å². The van der Waals surface area contributed by atoms with Crippen LogP contribution < -0.4 is 0 Å². The fourth-order valence-electron chi connectivity index (χ4n) is 2.94. The van der Waals surface area contributed by atoms with Crippen LogP contribution in [0.3, 0.4) is 0 Å². The second kappa shape index (κ2) is 14.1. The Morgan fingerprint density at radius 1 is 1.18 bits per heavy atom. The van der Waals surface area contributed by atoms with Crippen molar-refractivity contribution in [1.82, 2.24) is 14.5 Å². The summed E-state index contributed by atoms with van der Waals surface area (Å²) >= 11 is 0. The number of fused-ring (bicyclic) bond motifs is 1. The minimum atomic E-state index is 0.0804. The molecule has 8 nitrogen and oxygen atoms in total. The highest BCUT2D eigenvalue weighted by Crippen LogP contribution is 2.10. The monoisotopic (exact) mass is 391 g/mol. The molecule has 0 bridgehead atoms. The molecular formula is C20H29N3O5. The Morgan fingerprint density at radius 2 is 2.00 bits per heavy atom. The van der Waals surface area contributed by atoms with Crippen LogP contribution in [0.15, 0.2) is 30.5 Å². The van der Waals surface area contributed by atoms with Gasteiger partial charge >= 0.3 is 0 Å². The first kappa shape index (κ1) is 22.3. The maximum absolute atomic E-state index is 7.47. The molecule has 28 heavy (non-hydrogen) atoms. The van der Waals surface area contributed by atoms with Crippen LogP contribution >= 0.6 is 0 Å². The molecule has 0 aliphatic carbocycles. The smallest absolute Gasteiger partial charge is 0.146 e. The molecule has 0 amide bonds. The SMILES string of the molecule is CC#CCOOOO.c1ccn2nc(COCCN3CCCCCC3)cc2c1. The van der Waals surface area contributed by atoms with E-state index in [2.05, 4.69) is 48.9 Å². The van der Waals surface area contributed by atoms with Crippen LogP contribution in [0.1, 0.15) is 38.3 Å². The summed E-state index contributed by atoms with van der Waals surface area (Å²) in [7, 11) is 0. The van der Waals surface area contributed by atoms with Crippen molar-refractivity contribution in [2.45, 2.75) is 39.2 Å². The van der Waals surface area contributed by atoms with E-state index in [1.54, 1.807) is 6.92 Å². The first-order valence-corrected chi connectivity index (χ1v) is 9.56. The topological polar surface area (TPSA) is 77.7 Å². The van der Waals surface area contributed by atoms with Gasteiger partial charge in [-0.15, -0.1) is 5.92 Å². The van der Waals surface area contributed by atoms with Gasteiger partial charge in [-0.1, -0.05) is 24.8 Å². The third kappa shape index (κ3) is 8.80. The average Bonchev–Trinajstić information content (AvgIpc) is 2.95. The van der Waals surface area contributed by atoms with Gasteiger partial charge in [0.25, 0.3) is 0 Å². The summed E-state index contributed by atoms with van der Waals surface area (Å²) in [4.78, 5) is 6.60. The summed E-state index contributed by atoms with van der Waals surface area (Å²) in [5.41, 5.74) is 2.13. The predicted octanol–water partition coefficient (Wildman–Crippen LogP) is 3.09. The highest BCUT2D eigenvalue weighted by Gasteiger charge is 2.08. The van der Waals surface area contributed by atoms with Gasteiger partial charge in [-0.3, -0.25) is 0 Å². The van der Waals surface area contributed by atoms with Crippen molar-refractivity contribution in [3.8, 4) is 11.8 Å². The van der Waals surface area contributed by atoms with Crippen LogP contribution in [0.25, 0.3) is 5.52 Å². The summed E-state index contributed by atoms with van der Waals surface area (Å²) in [5, 5.41) is 18.6. The Bertz CT molecular complexity index is 684. The zero-order chi connectivity index (χ0) is 19.9. The molecule has 0 aromatic carbocycles. The van der Waals surface area contributed by atoms with Crippen molar-refractivity contribution < 1.29 is 25.0 Å². The minimum Gasteiger partial charge on any atom is -0.374 e. The van der Waals surface area contributed by atoms with Gasteiger partial charge in [0.2, 0.25) is 0 Å². The van der Waals surface area contributed by atoms with E-state index in [0.29, 0.717) is 6.61 Å². The molecule has 0 unspecified atom stereocenters. The normalized spacial score (nSPS) is 14.6. The van der Waals surface area contributed by atoms with Crippen molar-refractivity contribution in [3.63, 3.8) is 0 Å². The lowest BCUT2D eigenvalue weighted by molar-refractivity contribution is -0.620. The van der Waals surface area contributed by atoms with Gasteiger partial charge in [-0.05, 0) is 61.1 Å². The molecule has 1 fully saturated rings. The largest absolute Gasteiger partial charge is 0.374 e. The summed E-state index contributed by atoms with van der Waals surface area (Å²) in [6.45, 7) is 6.66. The fraction of sp³-hybridized carbons (Fsp3) is 0.550. The zero-order valence-electron chi connectivity index (χ0n) is 16.4. The molecule has 154 valence electrons. The second-order valence-corrected chi connectivity index (χ2v) is 6.35. The number of aromatic nitrogens is 2. The lowest BCUT2D eigenvalue weighted by Crippen LogP contribution is -2.28. The fourth-order valence-corrected chi connectivity index (χ4v) is 2.94. The molecular weight excluding hydrogens is 362 g/mol. The van der Waals surface area contributed by atoms with E-state index in [4.69, 9.17) is 9.99 Å². The number of ether oxygens (including phenoxy) is 1. The van der Waals surface area contributed by atoms with Gasteiger partial charge in [0, 0.05) is 12.7 Å². The van der Waals surface area contributed by atoms with E-state index in [1.165, 1.54) is 38.8 Å². The highest BCUT2D eigenvalue weighted by molar-refractivity contribution is 5.46. The van der Waals surface area contributed by atoms with E-state index in [9.17, 15) is 0 Å². The van der Waals surface area contributed by atoms with Crippen molar-refractivity contribution in [2.75, 3.05) is 32.8 Å². The van der Waals surface area contributed by atoms with Crippen LogP contribution in [0.5, 0.6) is 0 Å². The maximum Gasteiger partial charge on any atom is 0.146 e. The first-order valence-electron chi connectivity index (χ1n) is 9.56. The Labute approximate surface area is 165 Å². The molecule has 1 saturated heterocycles. The molecule has 2 aromatic rings. The minimum absolute atomic E-state index is 0.0804. The van der Waals surface area contributed by atoms with Crippen LogP contribution in [0.2, 0.25) is 0 Å². The molecule has 1 aliphatic heterocycles. The van der Waals surface area contributed by atoms with Crippen LogP contribution in [0.4, 0.5) is 0 Å². The number of hydrogen-bond donors (Lipinski definition) is 1. The van der Waals surface area contributed by atoms with Gasteiger partial charge in [-0.2, -0.15) is 9.99 Å².